The Morgan fingerprint density at radius 3 is 2.38 bits per heavy atom. The van der Waals surface area contributed by atoms with Gasteiger partial charge in [0.15, 0.2) is 15.7 Å². The average molecular weight is 411 g/mol. The number of amides is 2. The van der Waals surface area contributed by atoms with Gasteiger partial charge in [0.25, 0.3) is 5.91 Å². The van der Waals surface area contributed by atoms with Crippen LogP contribution in [0.4, 0.5) is 13.6 Å². The Bertz CT molecular complexity index is 774. The van der Waals surface area contributed by atoms with Crippen molar-refractivity contribution >= 4 is 33.3 Å². The molecule has 0 aliphatic carbocycles. The maximum atomic E-state index is 13.1. The monoisotopic (exact) mass is 411 g/mol. The molecule has 1 rings (SSSR count). The minimum Gasteiger partial charge on any atom is -0.444 e. The number of halogens is 2. The second kappa shape index (κ2) is 8.40. The van der Waals surface area contributed by atoms with E-state index in [-0.39, 0.29) is 23.7 Å². The molecular formula is C15H23F2N3O4S2. The number of rotatable bonds is 5. The van der Waals surface area contributed by atoms with Gasteiger partial charge < -0.3 is 10.1 Å². The van der Waals surface area contributed by atoms with Gasteiger partial charge in [-0.15, -0.1) is 4.36 Å². The molecule has 0 saturated heterocycles. The highest BCUT2D eigenvalue weighted by Gasteiger charge is 2.27. The summed E-state index contributed by atoms with van der Waals surface area (Å²) in [5.41, 5.74) is -0.778. The van der Waals surface area contributed by atoms with Gasteiger partial charge in [0.2, 0.25) is 5.13 Å². The largest absolute Gasteiger partial charge is 0.444 e. The Labute approximate surface area is 155 Å². The van der Waals surface area contributed by atoms with Gasteiger partial charge in [0.1, 0.15) is 15.9 Å². The third kappa shape index (κ3) is 6.96. The van der Waals surface area contributed by atoms with Crippen LogP contribution in [0.25, 0.3) is 0 Å². The lowest BCUT2D eigenvalue weighted by Gasteiger charge is -2.23. The summed E-state index contributed by atoms with van der Waals surface area (Å²) >= 11 is 0.211. The van der Waals surface area contributed by atoms with E-state index >= 15 is 0 Å². The topological polar surface area (TPSA) is 111 Å². The summed E-state index contributed by atoms with van der Waals surface area (Å²) < 4.78 is 46.7. The first-order chi connectivity index (χ1) is 11.7. The van der Waals surface area contributed by atoms with Crippen LogP contribution < -0.4 is 10.5 Å². The van der Waals surface area contributed by atoms with Gasteiger partial charge in [-0.25, -0.2) is 18.5 Å². The summed E-state index contributed by atoms with van der Waals surface area (Å²) in [6.07, 6.45) is -0.659. The molecule has 3 N–H and O–H groups in total. The number of nitrogens with two attached hydrogens (primary N) is 1. The van der Waals surface area contributed by atoms with Crippen LogP contribution in [0.1, 0.15) is 41.0 Å². The molecule has 0 bridgehead atoms. The maximum Gasteiger partial charge on any atom is 0.408 e. The second-order valence-corrected chi connectivity index (χ2v) is 10.0. The standard InChI is InChI=1S/C15H23F2N3O4S2/c1-8(2)6-10(19-14(22)24-15(3,4)5)13(21)20-26(18,23)11-7-9(16)12(17)25-11/h7-8,10H,6H2,1-5H3,(H,19,22)(H2,18,20,21,23)/t10-,26?/m0/s1. The van der Waals surface area contributed by atoms with Crippen molar-refractivity contribution in [1.29, 1.82) is 0 Å². The van der Waals surface area contributed by atoms with Gasteiger partial charge >= 0.3 is 6.09 Å². The van der Waals surface area contributed by atoms with Gasteiger partial charge in [-0.1, -0.05) is 25.2 Å². The highest BCUT2D eigenvalue weighted by Crippen LogP contribution is 2.24. The van der Waals surface area contributed by atoms with Crippen LogP contribution in [0.3, 0.4) is 0 Å². The van der Waals surface area contributed by atoms with Crippen LogP contribution in [-0.2, 0) is 19.4 Å². The molecule has 0 saturated carbocycles. The number of carbonyl (C=O) groups excluding carboxylic acids is 2. The molecule has 0 radical (unpaired) electrons. The summed E-state index contributed by atoms with van der Waals surface area (Å²) in [6.45, 7) is 8.58. The normalized spacial score (nSPS) is 15.3. The summed E-state index contributed by atoms with van der Waals surface area (Å²) in [5, 5.41) is 6.66. The molecule has 1 aromatic rings. The minimum atomic E-state index is -3.84. The van der Waals surface area contributed by atoms with Gasteiger partial charge in [-0.2, -0.15) is 4.39 Å². The second-order valence-electron chi connectivity index (χ2n) is 7.01. The fraction of sp³-hybridized carbons (Fsp3) is 0.600. The third-order valence-corrected chi connectivity index (χ3v) is 5.64. The molecular weight excluding hydrogens is 388 g/mol. The first-order valence-electron chi connectivity index (χ1n) is 7.74. The maximum absolute atomic E-state index is 13.1. The van der Waals surface area contributed by atoms with Crippen LogP contribution in [0.2, 0.25) is 0 Å². The molecule has 1 unspecified atom stereocenters. The number of alkyl carbamates (subject to hydrolysis) is 1. The van der Waals surface area contributed by atoms with Gasteiger partial charge in [-0.05, 0) is 33.1 Å². The lowest BCUT2D eigenvalue weighted by atomic mass is 10.0. The number of thiophene rings is 1. The Morgan fingerprint density at radius 2 is 1.96 bits per heavy atom. The predicted molar refractivity (Wildman–Crippen MR) is 94.9 cm³/mol. The number of hydrogen-bond donors (Lipinski definition) is 2. The first-order valence-corrected chi connectivity index (χ1v) is 10.1. The molecule has 11 heteroatoms. The lowest BCUT2D eigenvalue weighted by Crippen LogP contribution is -2.44. The SMILES string of the molecule is CC(C)C[C@H](NC(=O)OC(C)(C)C)C(=O)N=S(N)(=O)c1cc(F)c(F)s1. The zero-order valence-electron chi connectivity index (χ0n) is 15.2. The van der Waals surface area contributed by atoms with E-state index in [0.717, 1.165) is 0 Å². The van der Waals surface area contributed by atoms with Crippen LogP contribution in [-0.4, -0.2) is 27.9 Å². The Kier molecular flexibility index (Phi) is 7.25. The van der Waals surface area contributed by atoms with E-state index in [0.29, 0.717) is 6.07 Å². The molecule has 0 aliphatic rings. The molecule has 1 aromatic heterocycles. The van der Waals surface area contributed by atoms with E-state index in [1.165, 1.54) is 0 Å². The highest BCUT2D eigenvalue weighted by atomic mass is 32.2. The molecule has 26 heavy (non-hydrogen) atoms. The van der Waals surface area contributed by atoms with E-state index in [9.17, 15) is 22.6 Å². The quantitative estimate of drug-likeness (QED) is 0.775. The fourth-order valence-corrected chi connectivity index (χ4v) is 3.92. The molecule has 0 aromatic carbocycles. The number of carbonyl (C=O) groups is 2. The van der Waals surface area contributed by atoms with Crippen molar-refractivity contribution < 1.29 is 27.3 Å². The first kappa shape index (κ1) is 22.5. The van der Waals surface area contributed by atoms with Crippen LogP contribution >= 0.6 is 11.3 Å². The molecule has 2 amide bonds. The zero-order chi connectivity index (χ0) is 20.3. The highest BCUT2D eigenvalue weighted by molar-refractivity contribution is 7.93. The minimum absolute atomic E-state index is 0.0143. The summed E-state index contributed by atoms with van der Waals surface area (Å²) in [4.78, 5) is 24.3. The van der Waals surface area contributed by atoms with E-state index in [1.54, 1.807) is 34.6 Å². The van der Waals surface area contributed by atoms with E-state index < -0.39 is 48.7 Å². The van der Waals surface area contributed by atoms with Crippen LogP contribution in [0.5, 0.6) is 0 Å². The number of nitrogens with zero attached hydrogens (tertiary/aromatic N) is 1. The Morgan fingerprint density at radius 1 is 1.38 bits per heavy atom. The van der Waals surface area contributed by atoms with Crippen molar-refractivity contribution in [2.45, 2.75) is 56.9 Å². The summed E-state index contributed by atoms with van der Waals surface area (Å²) in [7, 11) is -3.84. The van der Waals surface area contributed by atoms with Crippen molar-refractivity contribution in [1.82, 2.24) is 5.32 Å². The Balaban J connectivity index is 3.08. The lowest BCUT2D eigenvalue weighted by molar-refractivity contribution is -0.120. The number of nitrogens with one attached hydrogen (secondary N) is 1. The smallest absolute Gasteiger partial charge is 0.408 e. The Hall–Kier alpha value is -1.59. The van der Waals surface area contributed by atoms with Crippen molar-refractivity contribution in [3.05, 3.63) is 17.0 Å². The number of hydrogen-bond acceptors (Lipinski definition) is 5. The molecule has 1 heterocycles. The molecule has 0 spiro atoms. The van der Waals surface area contributed by atoms with Gasteiger partial charge in [0, 0.05) is 6.07 Å². The molecule has 148 valence electrons. The third-order valence-electron chi connectivity index (χ3n) is 2.83. The van der Waals surface area contributed by atoms with Crippen LogP contribution in [0, 0.1) is 16.9 Å². The molecule has 0 fully saturated rings. The van der Waals surface area contributed by atoms with Crippen molar-refractivity contribution in [2.24, 2.45) is 15.4 Å². The average Bonchev–Trinajstić information content (AvgIpc) is 2.75. The molecule has 2 atom stereocenters. The molecule has 7 nitrogen and oxygen atoms in total. The predicted octanol–water partition coefficient (Wildman–Crippen LogP) is 3.19. The van der Waals surface area contributed by atoms with Crippen molar-refractivity contribution in [2.75, 3.05) is 0 Å². The van der Waals surface area contributed by atoms with Gasteiger partial charge in [-0.3, -0.25) is 4.79 Å². The van der Waals surface area contributed by atoms with Crippen molar-refractivity contribution in [3.8, 4) is 0 Å². The van der Waals surface area contributed by atoms with E-state index in [1.807, 2.05) is 0 Å². The van der Waals surface area contributed by atoms with Crippen molar-refractivity contribution in [3.63, 3.8) is 0 Å². The zero-order valence-corrected chi connectivity index (χ0v) is 16.8. The summed E-state index contributed by atoms with van der Waals surface area (Å²) in [6, 6.07) is -0.499. The summed E-state index contributed by atoms with van der Waals surface area (Å²) in [5.74, 6) is -2.21. The number of ether oxygens (including phenoxy) is 1. The van der Waals surface area contributed by atoms with Gasteiger partial charge in [0.05, 0.1) is 0 Å². The molecule has 0 aliphatic heterocycles. The van der Waals surface area contributed by atoms with E-state index in [2.05, 4.69) is 9.68 Å². The fourth-order valence-electron chi connectivity index (χ4n) is 1.86. The van der Waals surface area contributed by atoms with E-state index in [4.69, 9.17) is 9.88 Å². The van der Waals surface area contributed by atoms with Crippen LogP contribution in [0.15, 0.2) is 14.6 Å².